The summed E-state index contributed by atoms with van der Waals surface area (Å²) in [6, 6.07) is 21.6. The second-order valence-electron chi connectivity index (χ2n) is 4.42. The van der Waals surface area contributed by atoms with E-state index in [2.05, 4.69) is 66.0 Å². The summed E-state index contributed by atoms with van der Waals surface area (Å²) < 4.78 is 0. The van der Waals surface area contributed by atoms with E-state index < -0.39 is 0 Å². The van der Waals surface area contributed by atoms with Crippen molar-refractivity contribution >= 4 is 0 Å². The number of hydrogen-bond donors (Lipinski definition) is 1. The van der Waals surface area contributed by atoms with Crippen LogP contribution < -0.4 is 5.32 Å². The van der Waals surface area contributed by atoms with Gasteiger partial charge in [-0.25, -0.2) is 0 Å². The van der Waals surface area contributed by atoms with Crippen LogP contribution in [0.4, 0.5) is 0 Å². The topological polar surface area (TPSA) is 12.0 Å². The van der Waals surface area contributed by atoms with Gasteiger partial charge in [-0.2, -0.15) is 0 Å². The van der Waals surface area contributed by atoms with Gasteiger partial charge in [-0.15, -0.1) is 0 Å². The van der Waals surface area contributed by atoms with Crippen LogP contribution in [0.15, 0.2) is 60.7 Å². The molecular weight excluding hydrogens is 194 g/mol. The highest BCUT2D eigenvalue weighted by Gasteiger charge is 2.39. The molecule has 0 saturated carbocycles. The van der Waals surface area contributed by atoms with Gasteiger partial charge < -0.3 is 5.32 Å². The van der Waals surface area contributed by atoms with Crippen molar-refractivity contribution in [2.75, 3.05) is 13.1 Å². The summed E-state index contributed by atoms with van der Waals surface area (Å²) in [6.45, 7) is 2.09. The Morgan fingerprint density at radius 3 is 1.44 bits per heavy atom. The van der Waals surface area contributed by atoms with Crippen molar-refractivity contribution in [2.45, 2.75) is 5.41 Å². The second kappa shape index (κ2) is 3.76. The Morgan fingerprint density at radius 1 is 0.688 bits per heavy atom. The quantitative estimate of drug-likeness (QED) is 0.801. The van der Waals surface area contributed by atoms with Crippen LogP contribution in [0.2, 0.25) is 0 Å². The van der Waals surface area contributed by atoms with Crippen LogP contribution in [-0.2, 0) is 5.41 Å². The molecule has 1 nitrogen and oxygen atoms in total. The Morgan fingerprint density at radius 2 is 1.12 bits per heavy atom. The van der Waals surface area contributed by atoms with Gasteiger partial charge >= 0.3 is 0 Å². The van der Waals surface area contributed by atoms with Gasteiger partial charge in [0, 0.05) is 18.5 Å². The molecule has 1 fully saturated rings. The molecule has 16 heavy (non-hydrogen) atoms. The smallest absolute Gasteiger partial charge is 0.0451 e. The standard InChI is InChI=1S/C15H15N/c1-3-7-13(8-4-1)15(11-16-12-15)14-9-5-2-6-10-14/h1-10,16H,11-12H2. The molecule has 1 saturated heterocycles. The number of benzene rings is 2. The van der Waals surface area contributed by atoms with Gasteiger partial charge in [0.05, 0.1) is 0 Å². The molecular formula is C15H15N. The van der Waals surface area contributed by atoms with Gasteiger partial charge in [-0.3, -0.25) is 0 Å². The lowest BCUT2D eigenvalue weighted by atomic mass is 9.70. The third kappa shape index (κ3) is 1.36. The Balaban J connectivity index is 2.08. The first-order valence-electron chi connectivity index (χ1n) is 5.74. The van der Waals surface area contributed by atoms with Gasteiger partial charge in [0.1, 0.15) is 0 Å². The minimum Gasteiger partial charge on any atom is -0.314 e. The van der Waals surface area contributed by atoms with E-state index >= 15 is 0 Å². The maximum absolute atomic E-state index is 3.40. The summed E-state index contributed by atoms with van der Waals surface area (Å²) in [5.41, 5.74) is 3.03. The minimum atomic E-state index is 0.197. The fourth-order valence-corrected chi connectivity index (χ4v) is 2.46. The average Bonchev–Trinajstić information content (AvgIpc) is 2.31. The average molecular weight is 209 g/mol. The highest BCUT2D eigenvalue weighted by atomic mass is 15.0. The summed E-state index contributed by atoms with van der Waals surface area (Å²) in [7, 11) is 0. The third-order valence-corrected chi connectivity index (χ3v) is 3.51. The highest BCUT2D eigenvalue weighted by molar-refractivity contribution is 5.43. The minimum absolute atomic E-state index is 0.197. The van der Waals surface area contributed by atoms with Crippen molar-refractivity contribution in [2.24, 2.45) is 0 Å². The van der Waals surface area contributed by atoms with Crippen LogP contribution in [0, 0.1) is 0 Å². The van der Waals surface area contributed by atoms with Gasteiger partial charge in [-0.1, -0.05) is 60.7 Å². The molecule has 1 aliphatic rings. The summed E-state index contributed by atoms with van der Waals surface area (Å²) in [4.78, 5) is 0. The summed E-state index contributed by atoms with van der Waals surface area (Å²) >= 11 is 0. The van der Waals surface area contributed by atoms with E-state index in [1.807, 2.05) is 0 Å². The largest absolute Gasteiger partial charge is 0.314 e. The number of hydrogen-bond acceptors (Lipinski definition) is 1. The molecule has 3 rings (SSSR count). The van der Waals surface area contributed by atoms with Gasteiger partial charge in [0.15, 0.2) is 0 Å². The van der Waals surface area contributed by atoms with Crippen LogP contribution in [0.3, 0.4) is 0 Å². The molecule has 0 radical (unpaired) electrons. The monoisotopic (exact) mass is 209 g/mol. The molecule has 1 heteroatoms. The van der Waals surface area contributed by atoms with Crippen LogP contribution in [0.5, 0.6) is 0 Å². The summed E-state index contributed by atoms with van der Waals surface area (Å²) in [5, 5.41) is 3.40. The lowest BCUT2D eigenvalue weighted by molar-refractivity contribution is 0.334. The van der Waals surface area contributed by atoms with Crippen molar-refractivity contribution in [3.63, 3.8) is 0 Å². The van der Waals surface area contributed by atoms with E-state index in [0.717, 1.165) is 13.1 Å². The van der Waals surface area contributed by atoms with E-state index in [-0.39, 0.29) is 5.41 Å². The first kappa shape index (κ1) is 9.61. The molecule has 1 N–H and O–H groups in total. The number of nitrogens with one attached hydrogen (secondary N) is 1. The van der Waals surface area contributed by atoms with E-state index in [0.29, 0.717) is 0 Å². The Labute approximate surface area is 96.1 Å². The van der Waals surface area contributed by atoms with Crippen molar-refractivity contribution < 1.29 is 0 Å². The fraction of sp³-hybridized carbons (Fsp3) is 0.200. The summed E-state index contributed by atoms with van der Waals surface area (Å²) in [5.74, 6) is 0. The van der Waals surface area contributed by atoms with E-state index in [9.17, 15) is 0 Å². The highest BCUT2D eigenvalue weighted by Crippen LogP contribution is 2.35. The normalized spacial score (nSPS) is 17.8. The van der Waals surface area contributed by atoms with Crippen LogP contribution >= 0.6 is 0 Å². The second-order valence-corrected chi connectivity index (χ2v) is 4.42. The molecule has 0 unspecified atom stereocenters. The van der Waals surface area contributed by atoms with Crippen molar-refractivity contribution in [1.29, 1.82) is 0 Å². The zero-order valence-corrected chi connectivity index (χ0v) is 9.19. The van der Waals surface area contributed by atoms with Gasteiger partial charge in [0.2, 0.25) is 0 Å². The maximum Gasteiger partial charge on any atom is 0.0451 e. The third-order valence-electron chi connectivity index (χ3n) is 3.51. The van der Waals surface area contributed by atoms with E-state index in [1.54, 1.807) is 0 Å². The molecule has 0 bridgehead atoms. The van der Waals surface area contributed by atoms with Gasteiger partial charge in [0.25, 0.3) is 0 Å². The van der Waals surface area contributed by atoms with Crippen LogP contribution in [-0.4, -0.2) is 13.1 Å². The molecule has 1 aliphatic heterocycles. The van der Waals surface area contributed by atoms with Crippen molar-refractivity contribution in [1.82, 2.24) is 5.32 Å². The number of rotatable bonds is 2. The predicted molar refractivity (Wildman–Crippen MR) is 66.5 cm³/mol. The molecule has 0 aliphatic carbocycles. The molecule has 2 aromatic rings. The Hall–Kier alpha value is -1.60. The molecule has 80 valence electrons. The lowest BCUT2D eigenvalue weighted by Crippen LogP contribution is -2.57. The molecule has 0 amide bonds. The molecule has 1 heterocycles. The SMILES string of the molecule is c1ccc(C2(c3ccccc3)CNC2)cc1. The lowest BCUT2D eigenvalue weighted by Gasteiger charge is -2.43. The molecule has 0 aromatic heterocycles. The van der Waals surface area contributed by atoms with Crippen molar-refractivity contribution in [3.05, 3.63) is 71.8 Å². The molecule has 0 spiro atoms. The first-order chi connectivity index (χ1) is 7.92. The Kier molecular flexibility index (Phi) is 2.26. The fourth-order valence-electron chi connectivity index (χ4n) is 2.46. The zero-order valence-electron chi connectivity index (χ0n) is 9.19. The first-order valence-corrected chi connectivity index (χ1v) is 5.74. The van der Waals surface area contributed by atoms with Crippen LogP contribution in [0.1, 0.15) is 11.1 Å². The van der Waals surface area contributed by atoms with E-state index in [4.69, 9.17) is 0 Å². The Bertz CT molecular complexity index is 416. The molecule has 2 aromatic carbocycles. The summed E-state index contributed by atoms with van der Waals surface area (Å²) in [6.07, 6.45) is 0. The van der Waals surface area contributed by atoms with Crippen molar-refractivity contribution in [3.8, 4) is 0 Å². The zero-order chi connectivity index (χ0) is 10.8. The predicted octanol–water partition coefficient (Wildman–Crippen LogP) is 2.58. The van der Waals surface area contributed by atoms with E-state index in [1.165, 1.54) is 11.1 Å². The van der Waals surface area contributed by atoms with Crippen LogP contribution in [0.25, 0.3) is 0 Å². The maximum atomic E-state index is 3.40. The van der Waals surface area contributed by atoms with Gasteiger partial charge in [-0.05, 0) is 11.1 Å². The molecule has 0 atom stereocenters.